The number of fused-ring (bicyclic) bond motifs is 1. The number of likely N-dealkylation sites (tertiary alicyclic amines) is 1. The van der Waals surface area contributed by atoms with E-state index >= 15 is 0 Å². The van der Waals surface area contributed by atoms with Crippen LogP contribution in [0.3, 0.4) is 0 Å². The second kappa shape index (κ2) is 9.52. The molecule has 1 aromatic carbocycles. The lowest BCUT2D eigenvalue weighted by Gasteiger charge is -2.30. The Kier molecular flexibility index (Phi) is 6.55. The van der Waals surface area contributed by atoms with Gasteiger partial charge in [-0.1, -0.05) is 6.07 Å². The zero-order chi connectivity index (χ0) is 22.7. The lowest BCUT2D eigenvalue weighted by molar-refractivity contribution is 0.0725. The van der Waals surface area contributed by atoms with Crippen molar-refractivity contribution in [1.29, 1.82) is 0 Å². The van der Waals surface area contributed by atoms with Gasteiger partial charge in [-0.25, -0.2) is 4.39 Å². The number of carbonyl (C=O) groups is 2. The van der Waals surface area contributed by atoms with Gasteiger partial charge in [-0.2, -0.15) is 0 Å². The zero-order valence-corrected chi connectivity index (χ0v) is 18.1. The van der Waals surface area contributed by atoms with Gasteiger partial charge in [-0.15, -0.1) is 0 Å². The predicted molar refractivity (Wildman–Crippen MR) is 116 cm³/mol. The minimum absolute atomic E-state index is 0.0968. The number of aromatic nitrogens is 1. The number of hydrogen-bond acceptors (Lipinski definition) is 5. The molecule has 9 heteroatoms. The van der Waals surface area contributed by atoms with Crippen LogP contribution >= 0.6 is 0 Å². The quantitative estimate of drug-likeness (QED) is 0.708. The Morgan fingerprint density at radius 3 is 2.72 bits per heavy atom. The predicted octanol–water partition coefficient (Wildman–Crippen LogP) is 1.55. The number of hydrogen-bond donors (Lipinski definition) is 2. The number of benzene rings is 1. The molecule has 32 heavy (non-hydrogen) atoms. The molecule has 2 aliphatic heterocycles. The lowest BCUT2D eigenvalue weighted by Crippen LogP contribution is -2.41. The summed E-state index contributed by atoms with van der Waals surface area (Å²) in [4.78, 5) is 44.6. The molecule has 0 bridgehead atoms. The van der Waals surface area contributed by atoms with E-state index in [2.05, 4.69) is 15.2 Å². The molecule has 0 spiro atoms. The molecule has 0 unspecified atom stereocenters. The summed E-state index contributed by atoms with van der Waals surface area (Å²) in [6, 6.07) is 4.24. The summed E-state index contributed by atoms with van der Waals surface area (Å²) in [7, 11) is 1.39. The molecule has 2 amide bonds. The van der Waals surface area contributed by atoms with Gasteiger partial charge in [0, 0.05) is 32.4 Å². The minimum Gasteiger partial charge on any atom is -0.496 e. The third-order valence-corrected chi connectivity index (χ3v) is 6.12. The molecular formula is C23H27FN4O4. The van der Waals surface area contributed by atoms with E-state index in [-0.39, 0.29) is 30.0 Å². The fraction of sp³-hybridized carbons (Fsp3) is 0.435. The van der Waals surface area contributed by atoms with Gasteiger partial charge in [0.15, 0.2) is 0 Å². The molecule has 0 radical (unpaired) electrons. The van der Waals surface area contributed by atoms with Crippen LogP contribution in [-0.2, 0) is 13.0 Å². The normalized spacial score (nSPS) is 16.0. The Labute approximate surface area is 185 Å². The highest BCUT2D eigenvalue weighted by molar-refractivity contribution is 5.98. The molecule has 1 fully saturated rings. The Morgan fingerprint density at radius 1 is 1.19 bits per heavy atom. The second-order valence-corrected chi connectivity index (χ2v) is 8.10. The fourth-order valence-corrected chi connectivity index (χ4v) is 4.44. The standard InChI is InChI=1S/C23H27FN4O4/c1-32-18-6-4-5-17(24)20(18)23(31)28-11-7-16-15(14-28)13-26-22(30)19(16)21(29)25-8-12-27-9-2-3-10-27/h4-6,13H,2-3,7-12,14H2,1H3,(H,25,29)(H,26,30). The maximum absolute atomic E-state index is 14.4. The van der Waals surface area contributed by atoms with Crippen LogP contribution in [0.4, 0.5) is 4.39 Å². The Morgan fingerprint density at radius 2 is 1.97 bits per heavy atom. The SMILES string of the molecule is COc1cccc(F)c1C(=O)N1CCc2c(c[nH]c(=O)c2C(=O)NCCN2CCCC2)C1. The highest BCUT2D eigenvalue weighted by Crippen LogP contribution is 2.26. The number of ether oxygens (including phenoxy) is 1. The minimum atomic E-state index is -0.653. The topological polar surface area (TPSA) is 94.7 Å². The number of amides is 2. The number of halogens is 1. The lowest BCUT2D eigenvalue weighted by atomic mass is 9.95. The van der Waals surface area contributed by atoms with Crippen molar-refractivity contribution in [3.8, 4) is 5.75 Å². The van der Waals surface area contributed by atoms with E-state index < -0.39 is 23.2 Å². The van der Waals surface area contributed by atoms with Gasteiger partial charge in [0.2, 0.25) is 0 Å². The monoisotopic (exact) mass is 442 g/mol. The number of nitrogens with one attached hydrogen (secondary N) is 2. The molecule has 170 valence electrons. The van der Waals surface area contributed by atoms with Crippen molar-refractivity contribution >= 4 is 11.8 Å². The van der Waals surface area contributed by atoms with Crippen LogP contribution in [0.5, 0.6) is 5.75 Å². The third-order valence-electron chi connectivity index (χ3n) is 6.12. The number of aromatic amines is 1. The van der Waals surface area contributed by atoms with E-state index in [0.29, 0.717) is 24.1 Å². The van der Waals surface area contributed by atoms with Gasteiger partial charge in [0.05, 0.1) is 7.11 Å². The molecule has 2 N–H and O–H groups in total. The Bertz CT molecular complexity index is 1080. The van der Waals surface area contributed by atoms with Crippen molar-refractivity contribution in [2.24, 2.45) is 0 Å². The van der Waals surface area contributed by atoms with Crippen molar-refractivity contribution in [1.82, 2.24) is 20.1 Å². The maximum atomic E-state index is 14.4. The van der Waals surface area contributed by atoms with Crippen molar-refractivity contribution in [3.05, 3.63) is 62.8 Å². The molecule has 1 aromatic heterocycles. The first-order valence-corrected chi connectivity index (χ1v) is 10.9. The third kappa shape index (κ3) is 4.38. The average Bonchev–Trinajstić information content (AvgIpc) is 3.31. The van der Waals surface area contributed by atoms with Crippen LogP contribution in [-0.4, -0.2) is 66.4 Å². The van der Waals surface area contributed by atoms with Crippen molar-refractivity contribution in [2.45, 2.75) is 25.8 Å². The molecule has 0 saturated carbocycles. The summed E-state index contributed by atoms with van der Waals surface area (Å²) in [5.41, 5.74) is 0.835. The van der Waals surface area contributed by atoms with Crippen molar-refractivity contribution in [3.63, 3.8) is 0 Å². The molecular weight excluding hydrogens is 415 g/mol. The van der Waals surface area contributed by atoms with E-state index in [1.165, 1.54) is 49.2 Å². The van der Waals surface area contributed by atoms with Crippen molar-refractivity contribution in [2.75, 3.05) is 39.8 Å². The molecule has 0 atom stereocenters. The van der Waals surface area contributed by atoms with Crippen molar-refractivity contribution < 1.29 is 18.7 Å². The number of methoxy groups -OCH3 is 1. The second-order valence-electron chi connectivity index (χ2n) is 8.10. The fourth-order valence-electron chi connectivity index (χ4n) is 4.44. The molecule has 3 heterocycles. The van der Waals surface area contributed by atoms with E-state index in [1.54, 1.807) is 0 Å². The van der Waals surface area contributed by atoms with Crippen LogP contribution in [0.25, 0.3) is 0 Å². The molecule has 4 rings (SSSR count). The summed E-state index contributed by atoms with van der Waals surface area (Å²) in [6.07, 6.45) is 4.20. The van der Waals surface area contributed by atoms with Crippen LogP contribution in [0, 0.1) is 5.82 Å². The van der Waals surface area contributed by atoms with Crippen LogP contribution in [0.2, 0.25) is 0 Å². The largest absolute Gasteiger partial charge is 0.496 e. The summed E-state index contributed by atoms with van der Waals surface area (Å²) in [5, 5.41) is 2.85. The maximum Gasteiger partial charge on any atom is 0.261 e. The summed E-state index contributed by atoms with van der Waals surface area (Å²) >= 11 is 0. The molecule has 8 nitrogen and oxygen atoms in total. The number of carbonyl (C=O) groups excluding carboxylic acids is 2. The van der Waals surface area contributed by atoms with E-state index in [0.717, 1.165) is 19.6 Å². The number of nitrogens with zero attached hydrogens (tertiary/aromatic N) is 2. The average molecular weight is 442 g/mol. The first kappa shape index (κ1) is 22.0. The summed E-state index contributed by atoms with van der Waals surface area (Å²) in [6.45, 7) is 3.73. The van der Waals surface area contributed by atoms with Gasteiger partial charge >= 0.3 is 0 Å². The van der Waals surface area contributed by atoms with E-state index in [4.69, 9.17) is 4.74 Å². The number of rotatable bonds is 6. The van der Waals surface area contributed by atoms with Crippen LogP contribution in [0.1, 0.15) is 44.7 Å². The number of H-pyrrole nitrogens is 1. The summed E-state index contributed by atoms with van der Waals surface area (Å²) < 4.78 is 19.5. The van der Waals surface area contributed by atoms with Gasteiger partial charge in [-0.05, 0) is 55.6 Å². The molecule has 2 aromatic rings. The van der Waals surface area contributed by atoms with E-state index in [9.17, 15) is 18.8 Å². The van der Waals surface area contributed by atoms with Gasteiger partial charge in [-0.3, -0.25) is 14.4 Å². The smallest absolute Gasteiger partial charge is 0.261 e. The van der Waals surface area contributed by atoms with Gasteiger partial charge in [0.1, 0.15) is 22.7 Å². The highest BCUT2D eigenvalue weighted by Gasteiger charge is 2.29. The molecule has 2 aliphatic rings. The van der Waals surface area contributed by atoms with E-state index in [1.807, 2.05) is 0 Å². The first-order chi connectivity index (χ1) is 15.5. The first-order valence-electron chi connectivity index (χ1n) is 10.9. The van der Waals surface area contributed by atoms with Gasteiger partial charge < -0.3 is 24.8 Å². The Balaban J connectivity index is 1.50. The zero-order valence-electron chi connectivity index (χ0n) is 18.1. The summed E-state index contributed by atoms with van der Waals surface area (Å²) in [5.74, 6) is -1.38. The number of pyridine rings is 1. The highest BCUT2D eigenvalue weighted by atomic mass is 19.1. The van der Waals surface area contributed by atoms with Crippen LogP contribution < -0.4 is 15.6 Å². The van der Waals surface area contributed by atoms with Gasteiger partial charge in [0.25, 0.3) is 17.4 Å². The Hall–Kier alpha value is -3.20. The molecule has 0 aliphatic carbocycles. The molecule has 1 saturated heterocycles. The van der Waals surface area contributed by atoms with Crippen LogP contribution in [0.15, 0.2) is 29.2 Å².